The van der Waals surface area contributed by atoms with Crippen LogP contribution in [0.15, 0.2) is 0 Å². The normalized spacial score (nSPS) is 38.7. The van der Waals surface area contributed by atoms with Crippen LogP contribution in [0.5, 0.6) is 0 Å². The second-order valence-electron chi connectivity index (χ2n) is 4.04. The van der Waals surface area contributed by atoms with Crippen molar-refractivity contribution in [2.45, 2.75) is 45.6 Å². The van der Waals surface area contributed by atoms with E-state index in [1.165, 1.54) is 19.3 Å². The van der Waals surface area contributed by atoms with Crippen molar-refractivity contribution < 1.29 is 0 Å². The SMILES string of the molecule is CCCC1(N)CC1C(C)C. The summed E-state index contributed by atoms with van der Waals surface area (Å²) in [5.74, 6) is 1.60. The molecule has 0 bridgehead atoms. The van der Waals surface area contributed by atoms with Crippen molar-refractivity contribution in [2.24, 2.45) is 17.6 Å². The van der Waals surface area contributed by atoms with Crippen molar-refractivity contribution in [1.82, 2.24) is 0 Å². The first-order valence-corrected chi connectivity index (χ1v) is 4.39. The molecule has 0 amide bonds. The van der Waals surface area contributed by atoms with Gasteiger partial charge in [0.05, 0.1) is 0 Å². The van der Waals surface area contributed by atoms with Crippen LogP contribution in [0.3, 0.4) is 0 Å². The van der Waals surface area contributed by atoms with E-state index in [1.54, 1.807) is 0 Å². The Morgan fingerprint density at radius 3 is 2.50 bits per heavy atom. The van der Waals surface area contributed by atoms with Crippen LogP contribution in [0, 0.1) is 11.8 Å². The fourth-order valence-corrected chi connectivity index (χ4v) is 2.00. The summed E-state index contributed by atoms with van der Waals surface area (Å²) in [4.78, 5) is 0. The smallest absolute Gasteiger partial charge is 0.0189 e. The third-order valence-electron chi connectivity index (χ3n) is 2.70. The number of hydrogen-bond acceptors (Lipinski definition) is 1. The predicted octanol–water partition coefficient (Wildman–Crippen LogP) is 2.16. The molecule has 1 aliphatic rings. The van der Waals surface area contributed by atoms with Crippen LogP contribution < -0.4 is 5.73 Å². The second kappa shape index (κ2) is 2.54. The maximum absolute atomic E-state index is 6.10. The molecular formula is C9H19N. The fourth-order valence-electron chi connectivity index (χ4n) is 2.00. The minimum absolute atomic E-state index is 0.239. The van der Waals surface area contributed by atoms with Gasteiger partial charge >= 0.3 is 0 Å². The molecule has 2 atom stereocenters. The third kappa shape index (κ3) is 1.34. The summed E-state index contributed by atoms with van der Waals surface area (Å²) in [5.41, 5.74) is 6.34. The molecule has 1 rings (SSSR count). The fraction of sp³-hybridized carbons (Fsp3) is 1.00. The zero-order chi connectivity index (χ0) is 7.78. The van der Waals surface area contributed by atoms with E-state index in [-0.39, 0.29) is 5.54 Å². The standard InChI is InChI=1S/C9H19N/c1-4-5-9(10)6-8(9)7(2)3/h7-8H,4-6,10H2,1-3H3. The van der Waals surface area contributed by atoms with Crippen molar-refractivity contribution >= 4 is 0 Å². The molecule has 1 aliphatic carbocycles. The van der Waals surface area contributed by atoms with E-state index in [2.05, 4.69) is 20.8 Å². The molecule has 0 aliphatic heterocycles. The first-order valence-electron chi connectivity index (χ1n) is 4.39. The maximum atomic E-state index is 6.10. The van der Waals surface area contributed by atoms with Crippen LogP contribution in [0.25, 0.3) is 0 Å². The largest absolute Gasteiger partial charge is 0.325 e. The highest BCUT2D eigenvalue weighted by Gasteiger charge is 2.50. The summed E-state index contributed by atoms with van der Waals surface area (Å²) in [7, 11) is 0. The lowest BCUT2D eigenvalue weighted by Gasteiger charge is -2.11. The average Bonchev–Trinajstić information content (AvgIpc) is 2.43. The lowest BCUT2D eigenvalue weighted by atomic mass is 10.0. The van der Waals surface area contributed by atoms with Crippen molar-refractivity contribution in [3.8, 4) is 0 Å². The molecular weight excluding hydrogens is 122 g/mol. The Bertz CT molecular complexity index is 120. The molecule has 10 heavy (non-hydrogen) atoms. The summed E-state index contributed by atoms with van der Waals surface area (Å²) in [6.07, 6.45) is 3.72. The van der Waals surface area contributed by atoms with Crippen LogP contribution in [0.4, 0.5) is 0 Å². The molecule has 2 N–H and O–H groups in total. The summed E-state index contributed by atoms with van der Waals surface area (Å²) in [6.45, 7) is 6.76. The summed E-state index contributed by atoms with van der Waals surface area (Å²) in [6, 6.07) is 0. The third-order valence-corrected chi connectivity index (χ3v) is 2.70. The van der Waals surface area contributed by atoms with Gasteiger partial charge in [0.15, 0.2) is 0 Å². The van der Waals surface area contributed by atoms with Crippen LogP contribution in [-0.4, -0.2) is 5.54 Å². The van der Waals surface area contributed by atoms with E-state index in [0.29, 0.717) is 0 Å². The maximum Gasteiger partial charge on any atom is 0.0189 e. The highest BCUT2D eigenvalue weighted by atomic mass is 14.9. The van der Waals surface area contributed by atoms with Crippen molar-refractivity contribution in [2.75, 3.05) is 0 Å². The van der Waals surface area contributed by atoms with Gasteiger partial charge in [-0.1, -0.05) is 27.2 Å². The molecule has 2 unspecified atom stereocenters. The molecule has 0 aromatic carbocycles. The van der Waals surface area contributed by atoms with Crippen LogP contribution in [-0.2, 0) is 0 Å². The van der Waals surface area contributed by atoms with E-state index >= 15 is 0 Å². The zero-order valence-corrected chi connectivity index (χ0v) is 7.35. The van der Waals surface area contributed by atoms with Crippen molar-refractivity contribution in [1.29, 1.82) is 0 Å². The number of hydrogen-bond donors (Lipinski definition) is 1. The molecule has 0 saturated heterocycles. The van der Waals surface area contributed by atoms with E-state index in [0.717, 1.165) is 11.8 Å². The summed E-state index contributed by atoms with van der Waals surface area (Å²) in [5, 5.41) is 0. The van der Waals surface area contributed by atoms with Gasteiger partial charge in [0, 0.05) is 5.54 Å². The predicted molar refractivity (Wildman–Crippen MR) is 44.8 cm³/mol. The van der Waals surface area contributed by atoms with Gasteiger partial charge in [0.25, 0.3) is 0 Å². The Hall–Kier alpha value is -0.0400. The minimum atomic E-state index is 0.239. The van der Waals surface area contributed by atoms with Crippen LogP contribution in [0.1, 0.15) is 40.0 Å². The lowest BCUT2D eigenvalue weighted by molar-refractivity contribution is 0.454. The van der Waals surface area contributed by atoms with Gasteiger partial charge in [-0.3, -0.25) is 0 Å². The van der Waals surface area contributed by atoms with E-state index in [4.69, 9.17) is 5.73 Å². The van der Waals surface area contributed by atoms with Gasteiger partial charge in [0.2, 0.25) is 0 Å². The van der Waals surface area contributed by atoms with Gasteiger partial charge in [-0.2, -0.15) is 0 Å². The quantitative estimate of drug-likeness (QED) is 0.640. The van der Waals surface area contributed by atoms with E-state index in [9.17, 15) is 0 Å². The molecule has 0 aromatic heterocycles. The molecule has 0 spiro atoms. The minimum Gasteiger partial charge on any atom is -0.325 e. The highest BCUT2D eigenvalue weighted by Crippen LogP contribution is 2.48. The van der Waals surface area contributed by atoms with Crippen molar-refractivity contribution in [3.63, 3.8) is 0 Å². The first kappa shape index (κ1) is 8.06. The average molecular weight is 141 g/mol. The van der Waals surface area contributed by atoms with Gasteiger partial charge < -0.3 is 5.73 Å². The van der Waals surface area contributed by atoms with Gasteiger partial charge in [-0.25, -0.2) is 0 Å². The zero-order valence-electron chi connectivity index (χ0n) is 7.35. The Labute approximate surface area is 64.0 Å². The topological polar surface area (TPSA) is 26.0 Å². The highest BCUT2D eigenvalue weighted by molar-refractivity contribution is 5.08. The van der Waals surface area contributed by atoms with Gasteiger partial charge in [-0.05, 0) is 24.7 Å². The molecule has 1 saturated carbocycles. The molecule has 0 radical (unpaired) electrons. The Morgan fingerprint density at radius 1 is 1.60 bits per heavy atom. The van der Waals surface area contributed by atoms with Crippen LogP contribution in [0.2, 0.25) is 0 Å². The van der Waals surface area contributed by atoms with Gasteiger partial charge in [-0.15, -0.1) is 0 Å². The van der Waals surface area contributed by atoms with Crippen LogP contribution >= 0.6 is 0 Å². The molecule has 1 fully saturated rings. The number of rotatable bonds is 3. The molecule has 1 heteroatoms. The van der Waals surface area contributed by atoms with Gasteiger partial charge in [0.1, 0.15) is 0 Å². The molecule has 0 aromatic rings. The molecule has 1 nitrogen and oxygen atoms in total. The van der Waals surface area contributed by atoms with E-state index < -0.39 is 0 Å². The molecule has 0 heterocycles. The van der Waals surface area contributed by atoms with E-state index in [1.807, 2.05) is 0 Å². The summed E-state index contributed by atoms with van der Waals surface area (Å²) >= 11 is 0. The second-order valence-corrected chi connectivity index (χ2v) is 4.04. The number of nitrogens with two attached hydrogens (primary N) is 1. The lowest BCUT2D eigenvalue weighted by Crippen LogP contribution is -2.26. The first-order chi connectivity index (χ1) is 4.60. The Kier molecular flexibility index (Phi) is 2.04. The Balaban J connectivity index is 2.33. The Morgan fingerprint density at radius 2 is 2.20 bits per heavy atom. The van der Waals surface area contributed by atoms with Crippen molar-refractivity contribution in [3.05, 3.63) is 0 Å². The monoisotopic (exact) mass is 141 g/mol. The summed E-state index contributed by atoms with van der Waals surface area (Å²) < 4.78 is 0. The molecule has 60 valence electrons.